The van der Waals surface area contributed by atoms with Crippen LogP contribution < -0.4 is 0 Å². The van der Waals surface area contributed by atoms with Crippen molar-refractivity contribution in [1.82, 2.24) is 0 Å². The van der Waals surface area contributed by atoms with Gasteiger partial charge in [-0.05, 0) is 18.4 Å². The number of hydrogen-bond acceptors (Lipinski definition) is 2. The zero-order valence-corrected chi connectivity index (χ0v) is 9.50. The lowest BCUT2D eigenvalue weighted by molar-refractivity contribution is -0.137. The Kier molecular flexibility index (Phi) is 3.75. The fourth-order valence-corrected chi connectivity index (χ4v) is 2.31. The maximum absolute atomic E-state index is 12.5. The number of alkyl halides is 3. The fraction of sp³-hybridized carbons (Fsp3) is 0.222. The van der Waals surface area contributed by atoms with Gasteiger partial charge in [-0.2, -0.15) is 13.2 Å². The van der Waals surface area contributed by atoms with Crippen LogP contribution in [0.4, 0.5) is 13.2 Å². The Morgan fingerprint density at radius 2 is 2.00 bits per heavy atom. The smallest absolute Gasteiger partial charge is 0.417 e. The van der Waals surface area contributed by atoms with Crippen LogP contribution in [0, 0.1) is 0 Å². The fourth-order valence-electron chi connectivity index (χ4n) is 1.14. The van der Waals surface area contributed by atoms with Crippen LogP contribution in [0.15, 0.2) is 17.0 Å². The third-order valence-electron chi connectivity index (χ3n) is 1.84. The van der Waals surface area contributed by atoms with Crippen molar-refractivity contribution in [3.8, 4) is 0 Å². The largest absolute Gasteiger partial charge is 0.478 e. The SMILES string of the molecule is CSc1c(C(=O)O)ccc(C(F)(F)F)c1Cl. The minimum Gasteiger partial charge on any atom is -0.478 e. The zero-order valence-electron chi connectivity index (χ0n) is 7.93. The first-order chi connectivity index (χ1) is 7.29. The van der Waals surface area contributed by atoms with Gasteiger partial charge in [-0.1, -0.05) is 11.6 Å². The summed E-state index contributed by atoms with van der Waals surface area (Å²) in [6.45, 7) is 0. The highest BCUT2D eigenvalue weighted by atomic mass is 35.5. The van der Waals surface area contributed by atoms with Gasteiger partial charge < -0.3 is 5.11 Å². The molecule has 0 saturated carbocycles. The van der Waals surface area contributed by atoms with Crippen molar-refractivity contribution in [1.29, 1.82) is 0 Å². The third kappa shape index (κ3) is 2.44. The minimum absolute atomic E-state index is 0.0796. The third-order valence-corrected chi connectivity index (χ3v) is 3.17. The summed E-state index contributed by atoms with van der Waals surface area (Å²) < 4.78 is 37.4. The van der Waals surface area contributed by atoms with Gasteiger partial charge in [0, 0.05) is 4.90 Å². The molecule has 16 heavy (non-hydrogen) atoms. The summed E-state index contributed by atoms with van der Waals surface area (Å²) in [5.41, 5.74) is -1.26. The summed E-state index contributed by atoms with van der Waals surface area (Å²) in [7, 11) is 0. The molecular weight excluding hydrogens is 265 g/mol. The standard InChI is InChI=1S/C9H6ClF3O2S/c1-16-7-4(8(14)15)2-3-5(6(7)10)9(11,12)13/h2-3H,1H3,(H,14,15). The summed E-state index contributed by atoms with van der Waals surface area (Å²) in [6.07, 6.45) is -3.12. The maximum Gasteiger partial charge on any atom is 0.417 e. The van der Waals surface area contributed by atoms with Crippen molar-refractivity contribution in [2.75, 3.05) is 6.26 Å². The molecule has 0 aliphatic heterocycles. The Labute approximate surface area is 98.4 Å². The van der Waals surface area contributed by atoms with Crippen molar-refractivity contribution in [2.45, 2.75) is 11.1 Å². The second kappa shape index (κ2) is 4.55. The zero-order chi connectivity index (χ0) is 12.5. The molecule has 1 aromatic rings. The molecule has 0 amide bonds. The van der Waals surface area contributed by atoms with E-state index < -0.39 is 22.7 Å². The van der Waals surface area contributed by atoms with E-state index in [1.807, 2.05) is 0 Å². The molecule has 0 heterocycles. The highest BCUT2D eigenvalue weighted by Gasteiger charge is 2.35. The van der Waals surface area contributed by atoms with E-state index in [0.29, 0.717) is 6.07 Å². The Morgan fingerprint density at radius 1 is 1.44 bits per heavy atom. The number of carboxylic acids is 1. The molecule has 1 aromatic carbocycles. The molecule has 0 bridgehead atoms. The summed E-state index contributed by atoms with van der Waals surface area (Å²) in [4.78, 5) is 10.7. The normalized spacial score (nSPS) is 11.6. The van der Waals surface area contributed by atoms with Crippen molar-refractivity contribution < 1.29 is 23.1 Å². The summed E-state index contributed by atoms with van der Waals surface area (Å²) in [6, 6.07) is 1.58. The van der Waals surface area contributed by atoms with E-state index in [1.54, 1.807) is 0 Å². The van der Waals surface area contributed by atoms with Crippen molar-refractivity contribution >= 4 is 29.3 Å². The molecule has 0 radical (unpaired) electrons. The predicted molar refractivity (Wildman–Crippen MR) is 55.2 cm³/mol. The van der Waals surface area contributed by atoms with Gasteiger partial charge in [-0.25, -0.2) is 4.79 Å². The number of aromatic carboxylic acids is 1. The average molecular weight is 271 g/mol. The van der Waals surface area contributed by atoms with Gasteiger partial charge in [0.25, 0.3) is 0 Å². The maximum atomic E-state index is 12.5. The van der Waals surface area contributed by atoms with Crippen molar-refractivity contribution in [3.05, 3.63) is 28.3 Å². The van der Waals surface area contributed by atoms with E-state index in [-0.39, 0.29) is 10.5 Å². The minimum atomic E-state index is -4.58. The lowest BCUT2D eigenvalue weighted by Gasteiger charge is -2.13. The van der Waals surface area contributed by atoms with E-state index in [4.69, 9.17) is 16.7 Å². The van der Waals surface area contributed by atoms with Crippen LogP contribution >= 0.6 is 23.4 Å². The summed E-state index contributed by atoms with van der Waals surface area (Å²) >= 11 is 6.41. The predicted octanol–water partition coefficient (Wildman–Crippen LogP) is 3.78. The second-order valence-corrected chi connectivity index (χ2v) is 4.01. The first-order valence-corrected chi connectivity index (χ1v) is 5.56. The van der Waals surface area contributed by atoms with Crippen LogP contribution in [0.3, 0.4) is 0 Å². The summed E-state index contributed by atoms with van der Waals surface area (Å²) in [5, 5.41) is 8.19. The molecule has 0 saturated heterocycles. The van der Waals surface area contributed by atoms with Gasteiger partial charge in [0.2, 0.25) is 0 Å². The van der Waals surface area contributed by atoms with Crippen LogP contribution in [0.5, 0.6) is 0 Å². The number of rotatable bonds is 2. The molecule has 1 rings (SSSR count). The average Bonchev–Trinajstić information content (AvgIpc) is 2.14. The first kappa shape index (κ1) is 13.2. The van der Waals surface area contributed by atoms with Gasteiger partial charge in [-0.3, -0.25) is 0 Å². The van der Waals surface area contributed by atoms with Gasteiger partial charge in [0.15, 0.2) is 0 Å². The topological polar surface area (TPSA) is 37.3 Å². The number of carboxylic acid groups (broad SMARTS) is 1. The molecule has 0 aliphatic rings. The molecule has 88 valence electrons. The molecule has 2 nitrogen and oxygen atoms in total. The van der Waals surface area contributed by atoms with E-state index in [0.717, 1.165) is 17.8 Å². The molecule has 7 heteroatoms. The number of carbonyl (C=O) groups is 1. The van der Waals surface area contributed by atoms with Crippen molar-refractivity contribution in [3.63, 3.8) is 0 Å². The monoisotopic (exact) mass is 270 g/mol. The number of benzene rings is 1. The highest BCUT2D eigenvalue weighted by Crippen LogP contribution is 2.40. The van der Waals surface area contributed by atoms with E-state index in [9.17, 15) is 18.0 Å². The summed E-state index contributed by atoms with van der Waals surface area (Å²) in [5.74, 6) is -1.31. The molecule has 0 spiro atoms. The first-order valence-electron chi connectivity index (χ1n) is 3.96. The Balaban J connectivity index is 3.46. The molecule has 0 unspecified atom stereocenters. The van der Waals surface area contributed by atoms with Crippen LogP contribution in [0.1, 0.15) is 15.9 Å². The molecular formula is C9H6ClF3O2S. The quantitative estimate of drug-likeness (QED) is 0.831. The van der Waals surface area contributed by atoms with Gasteiger partial charge in [0.1, 0.15) is 0 Å². The highest BCUT2D eigenvalue weighted by molar-refractivity contribution is 7.98. The van der Waals surface area contributed by atoms with E-state index in [2.05, 4.69) is 0 Å². The van der Waals surface area contributed by atoms with Gasteiger partial charge in [-0.15, -0.1) is 11.8 Å². The molecule has 1 N–H and O–H groups in total. The second-order valence-electron chi connectivity index (χ2n) is 2.81. The molecule has 0 aliphatic carbocycles. The molecule has 0 fully saturated rings. The molecule has 0 atom stereocenters. The van der Waals surface area contributed by atoms with Crippen LogP contribution in [0.2, 0.25) is 5.02 Å². The van der Waals surface area contributed by atoms with Gasteiger partial charge >= 0.3 is 12.1 Å². The van der Waals surface area contributed by atoms with E-state index in [1.165, 1.54) is 6.26 Å². The van der Waals surface area contributed by atoms with Crippen molar-refractivity contribution in [2.24, 2.45) is 0 Å². The number of hydrogen-bond donors (Lipinski definition) is 1. The van der Waals surface area contributed by atoms with Crippen LogP contribution in [-0.2, 0) is 6.18 Å². The lowest BCUT2D eigenvalue weighted by atomic mass is 10.1. The van der Waals surface area contributed by atoms with Crippen LogP contribution in [-0.4, -0.2) is 17.3 Å². The Bertz CT molecular complexity index is 431. The Morgan fingerprint density at radius 3 is 2.38 bits per heavy atom. The number of halogens is 4. The Hall–Kier alpha value is -0.880. The molecule has 0 aromatic heterocycles. The number of thioether (sulfide) groups is 1. The van der Waals surface area contributed by atoms with E-state index >= 15 is 0 Å². The lowest BCUT2D eigenvalue weighted by Crippen LogP contribution is -2.09. The van der Waals surface area contributed by atoms with Crippen LogP contribution in [0.25, 0.3) is 0 Å². The van der Waals surface area contributed by atoms with Gasteiger partial charge in [0.05, 0.1) is 16.1 Å².